The smallest absolute Gasteiger partial charge is 0.355 e. The van der Waals surface area contributed by atoms with Gasteiger partial charge in [-0.2, -0.15) is 4.57 Å². The number of nitrogens with one attached hydrogen (secondary N) is 1. The first-order valence-electron chi connectivity index (χ1n) is 7.17. The van der Waals surface area contributed by atoms with Crippen molar-refractivity contribution in [3.05, 3.63) is 29.0 Å². The molecule has 7 nitrogen and oxygen atoms in total. The molecule has 0 radical (unpaired) electrons. The molecule has 0 aliphatic rings. The van der Waals surface area contributed by atoms with Crippen LogP contribution in [0.3, 0.4) is 0 Å². The second-order valence-electron chi connectivity index (χ2n) is 5.48. The summed E-state index contributed by atoms with van der Waals surface area (Å²) in [5, 5.41) is 3.24. The summed E-state index contributed by atoms with van der Waals surface area (Å²) >= 11 is 0. The Morgan fingerprint density at radius 2 is 1.78 bits per heavy atom. The summed E-state index contributed by atoms with van der Waals surface area (Å²) < 4.78 is 1.39. The highest BCUT2D eigenvalue weighted by Crippen LogP contribution is 2.21. The lowest BCUT2D eigenvalue weighted by atomic mass is 10.1. The zero-order chi connectivity index (χ0) is 17.3. The van der Waals surface area contributed by atoms with Crippen LogP contribution in [0.2, 0.25) is 0 Å². The van der Waals surface area contributed by atoms with E-state index in [1.54, 1.807) is 0 Å². The Bertz CT molecular complexity index is 855. The maximum atomic E-state index is 12.1. The zero-order valence-electron chi connectivity index (χ0n) is 13.9. The Labute approximate surface area is 134 Å². The van der Waals surface area contributed by atoms with E-state index in [9.17, 15) is 9.59 Å². The third-order valence-electron chi connectivity index (χ3n) is 3.55. The number of aryl methyl sites for hydroxylation is 3. The molecule has 0 aliphatic carbocycles. The summed E-state index contributed by atoms with van der Waals surface area (Å²) in [4.78, 5) is 31.6. The summed E-state index contributed by atoms with van der Waals surface area (Å²) in [5.41, 5.74) is 9.29. The van der Waals surface area contributed by atoms with Gasteiger partial charge in [0, 0.05) is 13.8 Å². The molecule has 0 atom stereocenters. The van der Waals surface area contributed by atoms with Crippen LogP contribution in [0, 0.1) is 20.8 Å². The number of carbonyl (C=O) groups excluding carboxylic acids is 2. The van der Waals surface area contributed by atoms with E-state index < -0.39 is 0 Å². The molecule has 0 saturated carbocycles. The molecule has 2 rings (SSSR count). The van der Waals surface area contributed by atoms with Crippen molar-refractivity contribution in [2.45, 2.75) is 34.6 Å². The first kappa shape index (κ1) is 16.5. The molecule has 0 spiro atoms. The van der Waals surface area contributed by atoms with Gasteiger partial charge in [0.2, 0.25) is 5.91 Å². The minimum Gasteiger partial charge on any atom is -0.355 e. The molecule has 0 aliphatic heterocycles. The number of benzene rings is 1. The van der Waals surface area contributed by atoms with Crippen molar-refractivity contribution >= 4 is 34.6 Å². The highest BCUT2D eigenvalue weighted by atomic mass is 16.2. The van der Waals surface area contributed by atoms with Gasteiger partial charge in [0.25, 0.3) is 11.9 Å². The molecule has 1 amide bonds. The number of aliphatic imine (C=N–C) groups is 1. The topological polar surface area (TPSA) is 101 Å². The zero-order valence-corrected chi connectivity index (χ0v) is 13.9. The van der Waals surface area contributed by atoms with Crippen LogP contribution >= 0.6 is 0 Å². The third kappa shape index (κ3) is 3.33. The number of guanidine groups is 1. The molecule has 1 aromatic carbocycles. The number of carbonyl (C=O) groups is 2. The number of rotatable bonds is 1. The fraction of sp³-hybridized carbons (Fsp3) is 0.312. The van der Waals surface area contributed by atoms with Crippen molar-refractivity contribution in [2.24, 2.45) is 10.7 Å². The van der Waals surface area contributed by atoms with Crippen LogP contribution in [0.15, 0.2) is 17.1 Å². The normalized spacial score (nSPS) is 11.6. The molecule has 2 aromatic rings. The van der Waals surface area contributed by atoms with Crippen LogP contribution in [0.4, 0.5) is 5.95 Å². The number of nitrogens with two attached hydrogens (primary N) is 1. The molecule has 0 unspecified atom stereocenters. The molecule has 1 aromatic heterocycles. The lowest BCUT2D eigenvalue weighted by molar-refractivity contribution is -0.533. The summed E-state index contributed by atoms with van der Waals surface area (Å²) in [6, 6.07) is 3.92. The van der Waals surface area contributed by atoms with Gasteiger partial charge in [-0.1, -0.05) is 4.98 Å². The van der Waals surface area contributed by atoms with Crippen molar-refractivity contribution in [3.63, 3.8) is 0 Å². The Morgan fingerprint density at radius 3 is 2.35 bits per heavy atom. The van der Waals surface area contributed by atoms with Crippen LogP contribution in [-0.2, 0) is 4.79 Å². The maximum absolute atomic E-state index is 12.1. The van der Waals surface area contributed by atoms with Crippen molar-refractivity contribution in [2.75, 3.05) is 0 Å². The molecule has 3 N–H and O–H groups in total. The number of fused-ring (bicyclic) bond motifs is 1. The average molecular weight is 314 g/mol. The Hall–Kier alpha value is -2.83. The molecule has 7 heteroatoms. The van der Waals surface area contributed by atoms with Crippen LogP contribution in [-0.4, -0.2) is 22.8 Å². The lowest BCUT2D eigenvalue weighted by Gasteiger charge is -2.08. The SMILES string of the molecule is CC(=O)N/C(N)=N\c1nc(C)c2cc(C)c(C)cc2[n+]1C(C)=O. The molecule has 0 fully saturated rings. The number of nitrogens with zero attached hydrogens (tertiary/aromatic N) is 3. The van der Waals surface area contributed by atoms with E-state index in [-0.39, 0.29) is 23.7 Å². The molecule has 120 valence electrons. The maximum Gasteiger partial charge on any atom is 0.444 e. The van der Waals surface area contributed by atoms with Gasteiger partial charge < -0.3 is 5.73 Å². The lowest BCUT2D eigenvalue weighted by Crippen LogP contribution is -2.44. The molecule has 0 saturated heterocycles. The standard InChI is InChI=1S/C16H19N5O2/c1-8-6-13-10(3)18-16(20-15(17)19-11(4)22)21(12(5)23)14(13)7-9(8)2/h6-7H,1-5H3,(H2,17,19,22)/p+1. The van der Waals surface area contributed by atoms with Crippen LogP contribution in [0.5, 0.6) is 0 Å². The summed E-state index contributed by atoms with van der Waals surface area (Å²) in [7, 11) is 0. The Morgan fingerprint density at radius 1 is 1.17 bits per heavy atom. The molecular weight excluding hydrogens is 294 g/mol. The first-order valence-corrected chi connectivity index (χ1v) is 7.17. The molecule has 23 heavy (non-hydrogen) atoms. The second kappa shape index (κ2) is 6.12. The highest BCUT2D eigenvalue weighted by molar-refractivity contribution is 5.96. The van der Waals surface area contributed by atoms with E-state index in [1.807, 2.05) is 32.9 Å². The van der Waals surface area contributed by atoms with Crippen LogP contribution < -0.4 is 15.6 Å². The van der Waals surface area contributed by atoms with Gasteiger partial charge >= 0.3 is 5.95 Å². The number of amides is 1. The average Bonchev–Trinajstić information content (AvgIpc) is 2.39. The van der Waals surface area contributed by atoms with Gasteiger partial charge in [-0.25, -0.2) is 0 Å². The molecule has 0 bridgehead atoms. The van der Waals surface area contributed by atoms with E-state index in [2.05, 4.69) is 15.3 Å². The minimum atomic E-state index is -0.343. The van der Waals surface area contributed by atoms with E-state index in [1.165, 1.54) is 18.4 Å². The van der Waals surface area contributed by atoms with Crippen molar-refractivity contribution < 1.29 is 14.2 Å². The predicted octanol–water partition coefficient (Wildman–Crippen LogP) is 1.19. The second-order valence-corrected chi connectivity index (χ2v) is 5.48. The highest BCUT2D eigenvalue weighted by Gasteiger charge is 2.23. The predicted molar refractivity (Wildman–Crippen MR) is 87.5 cm³/mol. The summed E-state index contributed by atoms with van der Waals surface area (Å²) in [6.45, 7) is 8.58. The van der Waals surface area contributed by atoms with E-state index in [0.717, 1.165) is 22.2 Å². The van der Waals surface area contributed by atoms with Crippen molar-refractivity contribution in [1.82, 2.24) is 10.3 Å². The number of hydrogen-bond acceptors (Lipinski definition) is 4. The van der Waals surface area contributed by atoms with E-state index >= 15 is 0 Å². The van der Waals surface area contributed by atoms with Gasteiger partial charge in [0.1, 0.15) is 11.2 Å². The summed E-state index contributed by atoms with van der Waals surface area (Å²) in [6.07, 6.45) is 0. The number of hydrogen-bond donors (Lipinski definition) is 2. The largest absolute Gasteiger partial charge is 0.444 e. The van der Waals surface area contributed by atoms with Gasteiger partial charge in [-0.3, -0.25) is 14.9 Å². The molecular formula is C16H20N5O2+. The minimum absolute atomic E-state index is 0.109. The Kier molecular flexibility index (Phi) is 4.40. The van der Waals surface area contributed by atoms with Gasteiger partial charge in [-0.05, 0) is 49.0 Å². The third-order valence-corrected chi connectivity index (χ3v) is 3.55. The van der Waals surface area contributed by atoms with Gasteiger partial charge in [0.15, 0.2) is 0 Å². The van der Waals surface area contributed by atoms with Crippen LogP contribution in [0.25, 0.3) is 10.9 Å². The van der Waals surface area contributed by atoms with Crippen LogP contribution in [0.1, 0.15) is 35.5 Å². The quantitative estimate of drug-likeness (QED) is 0.469. The Balaban J connectivity index is 2.80. The summed E-state index contributed by atoms with van der Waals surface area (Å²) in [5.74, 6) is -0.552. The fourth-order valence-corrected chi connectivity index (χ4v) is 2.35. The van der Waals surface area contributed by atoms with Crippen molar-refractivity contribution in [1.29, 1.82) is 0 Å². The monoisotopic (exact) mass is 314 g/mol. The van der Waals surface area contributed by atoms with Crippen molar-refractivity contribution in [3.8, 4) is 0 Å². The van der Waals surface area contributed by atoms with E-state index in [0.29, 0.717) is 5.52 Å². The molecule has 1 heterocycles. The fourth-order valence-electron chi connectivity index (χ4n) is 2.35. The van der Waals surface area contributed by atoms with Gasteiger partial charge in [-0.15, -0.1) is 0 Å². The number of aromatic nitrogens is 2. The van der Waals surface area contributed by atoms with Gasteiger partial charge in [0.05, 0.1) is 5.39 Å². The first-order chi connectivity index (χ1) is 10.7. The van der Waals surface area contributed by atoms with E-state index in [4.69, 9.17) is 5.73 Å².